The summed E-state index contributed by atoms with van der Waals surface area (Å²) in [7, 11) is 6.66. The molecule has 1 aromatic rings. The molecule has 1 atom stereocenters. The normalized spacial score (nSPS) is 12.2. The van der Waals surface area contributed by atoms with Crippen LogP contribution in [0, 0.1) is 0 Å². The summed E-state index contributed by atoms with van der Waals surface area (Å²) in [6, 6.07) is 6.39. The van der Waals surface area contributed by atoms with Crippen LogP contribution < -0.4 is 5.46 Å². The highest BCUT2D eigenvalue weighted by Crippen LogP contribution is 2.11. The molecule has 0 saturated heterocycles. The van der Waals surface area contributed by atoms with Gasteiger partial charge in [0.05, 0.1) is 7.11 Å². The van der Waals surface area contributed by atoms with E-state index < -0.39 is 12.1 Å². The predicted octanol–water partition coefficient (Wildman–Crippen LogP) is -0.313. The number of hydrogen-bond donors (Lipinski definition) is 1. The molecular weight excluding hydrogens is 167 g/mol. The Morgan fingerprint density at radius 3 is 2.46 bits per heavy atom. The molecule has 0 spiro atoms. The first kappa shape index (κ1) is 9.80. The highest BCUT2D eigenvalue weighted by atomic mass is 16.5. The lowest BCUT2D eigenvalue weighted by atomic mass is 9.94. The van der Waals surface area contributed by atoms with Crippen LogP contribution in [0.1, 0.15) is 11.7 Å². The van der Waals surface area contributed by atoms with Gasteiger partial charge in [0.15, 0.2) is 6.10 Å². The number of rotatable bonds is 2. The zero-order valence-electron chi connectivity index (χ0n) is 7.23. The lowest BCUT2D eigenvalue weighted by molar-refractivity contribution is -0.150. The first-order valence-corrected chi connectivity index (χ1v) is 3.76. The van der Waals surface area contributed by atoms with Gasteiger partial charge < -0.3 is 9.84 Å². The fraction of sp³-hybridized carbons (Fsp3) is 0.222. The summed E-state index contributed by atoms with van der Waals surface area (Å²) in [5.41, 5.74) is 1.06. The van der Waals surface area contributed by atoms with E-state index in [9.17, 15) is 9.90 Å². The second kappa shape index (κ2) is 4.09. The van der Waals surface area contributed by atoms with E-state index in [0.717, 1.165) is 0 Å². The minimum atomic E-state index is -1.23. The van der Waals surface area contributed by atoms with Crippen molar-refractivity contribution in [3.63, 3.8) is 0 Å². The molecule has 0 amide bonds. The average molecular weight is 176 g/mol. The van der Waals surface area contributed by atoms with Gasteiger partial charge >= 0.3 is 5.97 Å². The maximum Gasteiger partial charge on any atom is 0.339 e. The van der Waals surface area contributed by atoms with E-state index in [-0.39, 0.29) is 0 Å². The molecule has 1 aromatic carbocycles. The van der Waals surface area contributed by atoms with Crippen LogP contribution in [0.2, 0.25) is 0 Å². The Hall–Kier alpha value is -1.29. The first-order valence-electron chi connectivity index (χ1n) is 3.76. The summed E-state index contributed by atoms with van der Waals surface area (Å²) in [6.45, 7) is 0. The molecule has 0 aliphatic heterocycles. The van der Waals surface area contributed by atoms with Gasteiger partial charge in [-0.25, -0.2) is 4.79 Å². The topological polar surface area (TPSA) is 46.5 Å². The van der Waals surface area contributed by atoms with E-state index in [1.807, 2.05) is 0 Å². The van der Waals surface area contributed by atoms with E-state index in [1.165, 1.54) is 7.11 Å². The van der Waals surface area contributed by atoms with Crippen LogP contribution in [0.5, 0.6) is 0 Å². The lowest BCUT2D eigenvalue weighted by Crippen LogP contribution is -2.14. The molecule has 0 fully saturated rings. The van der Waals surface area contributed by atoms with Crippen LogP contribution in [-0.2, 0) is 9.53 Å². The van der Waals surface area contributed by atoms with Crippen molar-refractivity contribution in [1.29, 1.82) is 0 Å². The minimum Gasteiger partial charge on any atom is -0.467 e. The molecule has 13 heavy (non-hydrogen) atoms. The van der Waals surface area contributed by atoms with Gasteiger partial charge in [0.1, 0.15) is 7.85 Å². The van der Waals surface area contributed by atoms with E-state index >= 15 is 0 Å². The van der Waals surface area contributed by atoms with Crippen molar-refractivity contribution in [3.8, 4) is 0 Å². The fourth-order valence-electron chi connectivity index (χ4n) is 0.926. The third kappa shape index (κ3) is 2.32. The van der Waals surface area contributed by atoms with Crippen molar-refractivity contribution in [2.75, 3.05) is 7.11 Å². The molecule has 66 valence electrons. The molecule has 1 rings (SSSR count). The second-order valence-corrected chi connectivity index (χ2v) is 2.59. The lowest BCUT2D eigenvalue weighted by Gasteiger charge is -2.08. The summed E-state index contributed by atoms with van der Waals surface area (Å²) in [4.78, 5) is 10.9. The standard InChI is InChI=1S/C9H9BO3/c1-13-9(12)8(11)6-2-4-7(10)5-3-6/h2-5,8,11H,1H3. The summed E-state index contributed by atoms with van der Waals surface area (Å²) in [5, 5.41) is 9.36. The molecule has 0 aromatic heterocycles. The Kier molecular flexibility index (Phi) is 3.09. The molecule has 2 radical (unpaired) electrons. The summed E-state index contributed by atoms with van der Waals surface area (Å²) in [6.07, 6.45) is -1.23. The number of methoxy groups -OCH3 is 1. The summed E-state index contributed by atoms with van der Waals surface area (Å²) >= 11 is 0. The molecule has 0 aliphatic carbocycles. The van der Waals surface area contributed by atoms with E-state index in [0.29, 0.717) is 11.0 Å². The summed E-state index contributed by atoms with van der Waals surface area (Å²) in [5.74, 6) is -0.676. The van der Waals surface area contributed by atoms with Crippen LogP contribution in [0.15, 0.2) is 24.3 Å². The van der Waals surface area contributed by atoms with E-state index in [4.69, 9.17) is 7.85 Å². The van der Waals surface area contributed by atoms with Crippen molar-refractivity contribution >= 4 is 19.3 Å². The molecule has 0 bridgehead atoms. The van der Waals surface area contributed by atoms with Gasteiger partial charge in [-0.3, -0.25) is 0 Å². The van der Waals surface area contributed by atoms with Gasteiger partial charge in [-0.1, -0.05) is 29.7 Å². The largest absolute Gasteiger partial charge is 0.467 e. The van der Waals surface area contributed by atoms with Crippen molar-refractivity contribution < 1.29 is 14.6 Å². The number of ether oxygens (including phenoxy) is 1. The third-order valence-electron chi connectivity index (χ3n) is 1.68. The monoisotopic (exact) mass is 176 g/mol. The molecule has 0 saturated carbocycles. The molecular formula is C9H9BO3. The molecule has 0 aliphatic rings. The Morgan fingerprint density at radius 2 is 2.00 bits per heavy atom. The van der Waals surface area contributed by atoms with Crippen molar-refractivity contribution in [1.82, 2.24) is 0 Å². The van der Waals surface area contributed by atoms with Gasteiger partial charge in [-0.15, -0.1) is 0 Å². The Balaban J connectivity index is 2.83. The van der Waals surface area contributed by atoms with Gasteiger partial charge in [0.25, 0.3) is 0 Å². The van der Waals surface area contributed by atoms with Gasteiger partial charge in [-0.05, 0) is 5.56 Å². The highest BCUT2D eigenvalue weighted by molar-refractivity contribution is 6.32. The zero-order valence-corrected chi connectivity index (χ0v) is 7.23. The molecule has 1 N–H and O–H groups in total. The maximum absolute atomic E-state index is 10.9. The average Bonchev–Trinajstić information content (AvgIpc) is 2.17. The smallest absolute Gasteiger partial charge is 0.339 e. The zero-order chi connectivity index (χ0) is 9.84. The fourth-order valence-corrected chi connectivity index (χ4v) is 0.926. The minimum absolute atomic E-state index is 0.473. The van der Waals surface area contributed by atoms with Gasteiger partial charge in [0.2, 0.25) is 0 Å². The quantitative estimate of drug-likeness (QED) is 0.496. The maximum atomic E-state index is 10.9. The number of aliphatic hydroxyl groups is 1. The molecule has 0 heterocycles. The van der Waals surface area contributed by atoms with Gasteiger partial charge in [0, 0.05) is 0 Å². The number of esters is 1. The number of carbonyl (C=O) groups excluding carboxylic acids is 1. The van der Waals surface area contributed by atoms with Crippen LogP contribution >= 0.6 is 0 Å². The Morgan fingerprint density at radius 1 is 1.46 bits per heavy atom. The van der Waals surface area contributed by atoms with Crippen LogP contribution in [0.3, 0.4) is 0 Å². The third-order valence-corrected chi connectivity index (χ3v) is 1.68. The highest BCUT2D eigenvalue weighted by Gasteiger charge is 2.16. The Bertz CT molecular complexity index is 294. The summed E-state index contributed by atoms with van der Waals surface area (Å²) < 4.78 is 4.38. The van der Waals surface area contributed by atoms with E-state index in [2.05, 4.69) is 4.74 Å². The first-order chi connectivity index (χ1) is 6.15. The SMILES string of the molecule is [B]c1ccc(C(O)C(=O)OC)cc1. The van der Waals surface area contributed by atoms with Gasteiger partial charge in [-0.2, -0.15) is 0 Å². The van der Waals surface area contributed by atoms with E-state index in [1.54, 1.807) is 24.3 Å². The van der Waals surface area contributed by atoms with Crippen LogP contribution in [-0.4, -0.2) is 26.0 Å². The number of benzene rings is 1. The second-order valence-electron chi connectivity index (χ2n) is 2.59. The van der Waals surface area contributed by atoms with Crippen molar-refractivity contribution in [2.45, 2.75) is 6.10 Å². The number of aliphatic hydroxyl groups excluding tert-OH is 1. The van der Waals surface area contributed by atoms with Crippen LogP contribution in [0.25, 0.3) is 0 Å². The number of hydrogen-bond acceptors (Lipinski definition) is 3. The molecule has 1 unspecified atom stereocenters. The Labute approximate surface area is 77.7 Å². The van der Waals surface area contributed by atoms with Crippen LogP contribution in [0.4, 0.5) is 0 Å². The van der Waals surface area contributed by atoms with Crippen molar-refractivity contribution in [3.05, 3.63) is 29.8 Å². The molecule has 3 nitrogen and oxygen atoms in total. The molecule has 4 heteroatoms. The number of carbonyl (C=O) groups is 1. The van der Waals surface area contributed by atoms with Crippen molar-refractivity contribution in [2.24, 2.45) is 0 Å². The predicted molar refractivity (Wildman–Crippen MR) is 48.8 cm³/mol.